The Morgan fingerprint density at radius 2 is 1.89 bits per heavy atom. The molecule has 1 aromatic carbocycles. The summed E-state index contributed by atoms with van der Waals surface area (Å²) in [5.74, 6) is -1.31. The fourth-order valence-corrected chi connectivity index (χ4v) is 3.91. The first kappa shape index (κ1) is 17.5. The van der Waals surface area contributed by atoms with Crippen molar-refractivity contribution in [1.82, 2.24) is 9.88 Å². The van der Waals surface area contributed by atoms with E-state index >= 15 is 0 Å². The van der Waals surface area contributed by atoms with Crippen LogP contribution in [0.4, 0.5) is 0 Å². The van der Waals surface area contributed by atoms with E-state index < -0.39 is 11.9 Å². The van der Waals surface area contributed by atoms with Gasteiger partial charge in [0.25, 0.3) is 5.91 Å². The molecule has 4 rings (SSSR count). The molecule has 0 spiro atoms. The Labute approximate surface area is 157 Å². The third kappa shape index (κ3) is 3.65. The number of fused-ring (bicyclic) bond motifs is 1. The van der Waals surface area contributed by atoms with Crippen LogP contribution in [0, 0.1) is 0 Å². The standard InChI is InChI=1S/C21H22N2O4/c24-20(14-9-10-19(22-11-14)27-16-6-2-3-7-16)23-12-15-5-1-4-8-17(15)18(13-23)21(25)26/h1,4-5,8-11,16,18H,2-3,6-7,12-13H2,(H,25,26). The number of carboxylic acid groups (broad SMARTS) is 1. The molecule has 1 aliphatic carbocycles. The zero-order chi connectivity index (χ0) is 18.8. The Kier molecular flexibility index (Phi) is 4.79. The van der Waals surface area contributed by atoms with E-state index in [1.165, 1.54) is 19.0 Å². The number of rotatable bonds is 4. The number of benzene rings is 1. The van der Waals surface area contributed by atoms with Crippen molar-refractivity contribution in [3.63, 3.8) is 0 Å². The predicted octanol–water partition coefficient (Wildman–Crippen LogP) is 3.23. The second-order valence-corrected chi connectivity index (χ2v) is 7.18. The molecule has 0 bridgehead atoms. The van der Waals surface area contributed by atoms with Crippen molar-refractivity contribution in [3.8, 4) is 5.88 Å². The van der Waals surface area contributed by atoms with Gasteiger partial charge in [-0.15, -0.1) is 0 Å². The van der Waals surface area contributed by atoms with Crippen LogP contribution in [0.5, 0.6) is 5.88 Å². The molecule has 2 heterocycles. The normalized spacial score (nSPS) is 19.6. The lowest BCUT2D eigenvalue weighted by Gasteiger charge is -2.32. The summed E-state index contributed by atoms with van der Waals surface area (Å²) in [5, 5.41) is 9.56. The molecule has 1 unspecified atom stereocenters. The third-order valence-electron chi connectivity index (χ3n) is 5.35. The molecular weight excluding hydrogens is 344 g/mol. The smallest absolute Gasteiger partial charge is 0.312 e. The van der Waals surface area contributed by atoms with Crippen LogP contribution >= 0.6 is 0 Å². The molecule has 2 aliphatic rings. The van der Waals surface area contributed by atoms with Crippen molar-refractivity contribution in [2.24, 2.45) is 0 Å². The first-order valence-corrected chi connectivity index (χ1v) is 9.34. The predicted molar refractivity (Wildman–Crippen MR) is 98.7 cm³/mol. The largest absolute Gasteiger partial charge is 0.481 e. The highest BCUT2D eigenvalue weighted by molar-refractivity contribution is 5.94. The highest BCUT2D eigenvalue weighted by Gasteiger charge is 2.32. The van der Waals surface area contributed by atoms with E-state index in [1.807, 2.05) is 24.3 Å². The number of carbonyl (C=O) groups excluding carboxylic acids is 1. The summed E-state index contributed by atoms with van der Waals surface area (Å²) in [7, 11) is 0. The molecule has 1 aliphatic heterocycles. The fraction of sp³-hybridized carbons (Fsp3) is 0.381. The molecule has 1 atom stereocenters. The Balaban J connectivity index is 1.50. The van der Waals surface area contributed by atoms with E-state index in [4.69, 9.17) is 4.74 Å². The lowest BCUT2D eigenvalue weighted by Crippen LogP contribution is -2.40. The van der Waals surface area contributed by atoms with Crippen molar-refractivity contribution in [1.29, 1.82) is 0 Å². The van der Waals surface area contributed by atoms with Crippen LogP contribution in [0.15, 0.2) is 42.6 Å². The summed E-state index contributed by atoms with van der Waals surface area (Å²) in [5.41, 5.74) is 2.10. The summed E-state index contributed by atoms with van der Waals surface area (Å²) in [6.45, 7) is 0.560. The molecule has 140 valence electrons. The average molecular weight is 366 g/mol. The van der Waals surface area contributed by atoms with Gasteiger partial charge in [0.1, 0.15) is 6.10 Å². The summed E-state index contributed by atoms with van der Waals surface area (Å²) >= 11 is 0. The Hall–Kier alpha value is -2.89. The molecule has 6 nitrogen and oxygen atoms in total. The van der Waals surface area contributed by atoms with Crippen LogP contribution in [-0.2, 0) is 11.3 Å². The van der Waals surface area contributed by atoms with Crippen LogP contribution in [0.1, 0.15) is 53.1 Å². The molecule has 1 fully saturated rings. The number of amides is 1. The van der Waals surface area contributed by atoms with Gasteiger partial charge in [0.2, 0.25) is 5.88 Å². The first-order valence-electron chi connectivity index (χ1n) is 9.34. The molecule has 0 saturated heterocycles. The van der Waals surface area contributed by atoms with E-state index in [-0.39, 0.29) is 18.6 Å². The molecule has 1 N–H and O–H groups in total. The number of hydrogen-bond donors (Lipinski definition) is 1. The monoisotopic (exact) mass is 366 g/mol. The van der Waals surface area contributed by atoms with Gasteiger partial charge < -0.3 is 14.7 Å². The van der Waals surface area contributed by atoms with Crippen LogP contribution in [-0.4, -0.2) is 39.5 Å². The average Bonchev–Trinajstić information content (AvgIpc) is 3.20. The zero-order valence-corrected chi connectivity index (χ0v) is 15.0. The summed E-state index contributed by atoms with van der Waals surface area (Å²) in [6.07, 6.45) is 6.19. The Morgan fingerprint density at radius 1 is 1.11 bits per heavy atom. The number of ether oxygens (including phenoxy) is 1. The van der Waals surface area contributed by atoms with Gasteiger partial charge in [-0.3, -0.25) is 9.59 Å². The SMILES string of the molecule is O=C(O)C1CN(C(=O)c2ccc(OC3CCCC3)nc2)Cc2ccccc21. The number of aliphatic carboxylic acids is 1. The molecule has 1 amide bonds. The molecule has 2 aromatic rings. The van der Waals surface area contributed by atoms with Gasteiger partial charge in [0.05, 0.1) is 11.5 Å². The van der Waals surface area contributed by atoms with Gasteiger partial charge in [0, 0.05) is 25.4 Å². The second kappa shape index (κ2) is 7.39. The fourth-order valence-electron chi connectivity index (χ4n) is 3.91. The van der Waals surface area contributed by atoms with Crippen LogP contribution in [0.25, 0.3) is 0 Å². The molecule has 6 heteroatoms. The number of nitrogens with zero attached hydrogens (tertiary/aromatic N) is 2. The van der Waals surface area contributed by atoms with E-state index in [9.17, 15) is 14.7 Å². The van der Waals surface area contributed by atoms with E-state index in [1.54, 1.807) is 17.0 Å². The van der Waals surface area contributed by atoms with Gasteiger partial charge in [-0.05, 0) is 42.9 Å². The number of carboxylic acids is 1. The van der Waals surface area contributed by atoms with E-state index in [2.05, 4.69) is 4.98 Å². The van der Waals surface area contributed by atoms with E-state index in [0.29, 0.717) is 18.0 Å². The lowest BCUT2D eigenvalue weighted by atomic mass is 9.89. The van der Waals surface area contributed by atoms with Gasteiger partial charge in [-0.1, -0.05) is 24.3 Å². The Bertz CT molecular complexity index is 844. The maximum Gasteiger partial charge on any atom is 0.312 e. The Morgan fingerprint density at radius 3 is 2.59 bits per heavy atom. The first-order chi connectivity index (χ1) is 13.1. The molecule has 1 saturated carbocycles. The van der Waals surface area contributed by atoms with Crippen molar-refractivity contribution in [2.45, 2.75) is 44.2 Å². The van der Waals surface area contributed by atoms with Crippen molar-refractivity contribution >= 4 is 11.9 Å². The highest BCUT2D eigenvalue weighted by Crippen LogP contribution is 2.29. The highest BCUT2D eigenvalue weighted by atomic mass is 16.5. The maximum absolute atomic E-state index is 12.9. The van der Waals surface area contributed by atoms with Crippen molar-refractivity contribution in [3.05, 3.63) is 59.3 Å². The van der Waals surface area contributed by atoms with Crippen LogP contribution in [0.3, 0.4) is 0 Å². The maximum atomic E-state index is 12.9. The van der Waals surface area contributed by atoms with Crippen molar-refractivity contribution < 1.29 is 19.4 Å². The molecular formula is C21H22N2O4. The quantitative estimate of drug-likeness (QED) is 0.899. The third-order valence-corrected chi connectivity index (χ3v) is 5.35. The zero-order valence-electron chi connectivity index (χ0n) is 15.0. The number of carbonyl (C=O) groups is 2. The number of aromatic nitrogens is 1. The minimum atomic E-state index is -0.918. The summed E-state index contributed by atoms with van der Waals surface area (Å²) in [4.78, 5) is 30.4. The van der Waals surface area contributed by atoms with Gasteiger partial charge in [0.15, 0.2) is 0 Å². The van der Waals surface area contributed by atoms with E-state index in [0.717, 1.165) is 24.0 Å². The summed E-state index contributed by atoms with van der Waals surface area (Å²) < 4.78 is 5.84. The lowest BCUT2D eigenvalue weighted by molar-refractivity contribution is -0.139. The van der Waals surface area contributed by atoms with Crippen molar-refractivity contribution in [2.75, 3.05) is 6.54 Å². The van der Waals surface area contributed by atoms with Gasteiger partial charge in [-0.25, -0.2) is 4.98 Å². The molecule has 0 radical (unpaired) electrons. The second-order valence-electron chi connectivity index (χ2n) is 7.18. The van der Waals surface area contributed by atoms with Gasteiger partial charge in [-0.2, -0.15) is 0 Å². The van der Waals surface area contributed by atoms with Crippen LogP contribution < -0.4 is 4.74 Å². The molecule has 1 aromatic heterocycles. The minimum absolute atomic E-state index is 0.158. The van der Waals surface area contributed by atoms with Gasteiger partial charge >= 0.3 is 5.97 Å². The number of hydrogen-bond acceptors (Lipinski definition) is 4. The number of pyridine rings is 1. The minimum Gasteiger partial charge on any atom is -0.481 e. The summed E-state index contributed by atoms with van der Waals surface area (Å²) in [6, 6.07) is 10.8. The molecule has 27 heavy (non-hydrogen) atoms. The van der Waals surface area contributed by atoms with Crippen LogP contribution in [0.2, 0.25) is 0 Å². The topological polar surface area (TPSA) is 79.7 Å².